The fourth-order valence-electron chi connectivity index (χ4n) is 1.68. The summed E-state index contributed by atoms with van der Waals surface area (Å²) in [6.45, 7) is 3.47. The largest absolute Gasteiger partial charge is 0.351 e. The highest BCUT2D eigenvalue weighted by Gasteiger charge is 2.30. The van der Waals surface area contributed by atoms with E-state index in [0.29, 0.717) is 19.6 Å². The molecule has 16 heavy (non-hydrogen) atoms. The molecular weight excluding hydrogens is 210 g/mol. The van der Waals surface area contributed by atoms with Gasteiger partial charge in [0.05, 0.1) is 12.1 Å². The average molecular weight is 225 g/mol. The van der Waals surface area contributed by atoms with Crippen molar-refractivity contribution in [1.82, 2.24) is 15.5 Å². The van der Waals surface area contributed by atoms with E-state index < -0.39 is 18.0 Å². The van der Waals surface area contributed by atoms with Crippen LogP contribution in [-0.2, 0) is 4.79 Å². The number of nitrogens with two attached hydrogens (primary N) is 1. The summed E-state index contributed by atoms with van der Waals surface area (Å²) < 4.78 is 0. The van der Waals surface area contributed by atoms with Gasteiger partial charge in [0.1, 0.15) is 6.04 Å². The first-order valence-electron chi connectivity index (χ1n) is 5.02. The molecule has 88 valence electrons. The molecule has 1 heterocycles. The first-order chi connectivity index (χ1) is 7.56. The summed E-state index contributed by atoms with van der Waals surface area (Å²) in [7, 11) is 0. The van der Waals surface area contributed by atoms with E-state index in [1.165, 1.54) is 0 Å². The zero-order valence-corrected chi connectivity index (χ0v) is 9.06. The summed E-state index contributed by atoms with van der Waals surface area (Å²) in [4.78, 5) is 23.8. The summed E-state index contributed by atoms with van der Waals surface area (Å²) in [6.07, 6.45) is 0. The number of imide groups is 1. The Labute approximate surface area is 93.6 Å². The lowest BCUT2D eigenvalue weighted by atomic mass is 10.1. The Morgan fingerprint density at radius 3 is 2.94 bits per heavy atom. The maximum absolute atomic E-state index is 11.5. The molecular formula is C9H15N5O2. The van der Waals surface area contributed by atoms with Crippen molar-refractivity contribution in [3.63, 3.8) is 0 Å². The molecule has 1 aliphatic heterocycles. The standard InChI is InChI=1S/C9H15N5O2/c1-6(8(15)13-9(11)16)14-3-2-12-5-7(14)4-10/h6-7,12H,2-3,5H2,1H3,(H3,11,13,15,16). The Morgan fingerprint density at radius 1 is 1.69 bits per heavy atom. The summed E-state index contributed by atoms with van der Waals surface area (Å²) in [5, 5.41) is 14.0. The third kappa shape index (κ3) is 2.92. The van der Waals surface area contributed by atoms with E-state index in [9.17, 15) is 9.59 Å². The highest BCUT2D eigenvalue weighted by atomic mass is 16.2. The maximum Gasteiger partial charge on any atom is 0.318 e. The van der Waals surface area contributed by atoms with Crippen LogP contribution in [0.2, 0.25) is 0 Å². The predicted molar refractivity (Wildman–Crippen MR) is 56.2 cm³/mol. The van der Waals surface area contributed by atoms with Crippen LogP contribution in [0.25, 0.3) is 0 Å². The van der Waals surface area contributed by atoms with Gasteiger partial charge in [-0.3, -0.25) is 15.0 Å². The molecule has 3 amide bonds. The van der Waals surface area contributed by atoms with Crippen molar-refractivity contribution >= 4 is 11.9 Å². The first-order valence-corrected chi connectivity index (χ1v) is 5.02. The van der Waals surface area contributed by atoms with Gasteiger partial charge in [0, 0.05) is 19.6 Å². The average Bonchev–Trinajstić information content (AvgIpc) is 2.27. The van der Waals surface area contributed by atoms with Crippen LogP contribution < -0.4 is 16.4 Å². The number of nitrogens with one attached hydrogen (secondary N) is 2. The zero-order chi connectivity index (χ0) is 12.1. The molecule has 2 atom stereocenters. The fraction of sp³-hybridized carbons (Fsp3) is 0.667. The van der Waals surface area contributed by atoms with Crippen molar-refractivity contribution in [2.45, 2.75) is 19.0 Å². The molecule has 0 aromatic carbocycles. The third-order valence-corrected chi connectivity index (χ3v) is 2.56. The molecule has 0 saturated carbocycles. The number of piperazine rings is 1. The molecule has 1 aliphatic rings. The molecule has 0 bridgehead atoms. The summed E-state index contributed by atoms with van der Waals surface area (Å²) in [5.74, 6) is -0.477. The lowest BCUT2D eigenvalue weighted by molar-refractivity contribution is -0.125. The minimum atomic E-state index is -0.875. The monoisotopic (exact) mass is 225 g/mol. The van der Waals surface area contributed by atoms with E-state index in [-0.39, 0.29) is 6.04 Å². The van der Waals surface area contributed by atoms with Gasteiger partial charge in [-0.15, -0.1) is 0 Å². The summed E-state index contributed by atoms with van der Waals surface area (Å²) in [6, 6.07) is 0.335. The lowest BCUT2D eigenvalue weighted by Gasteiger charge is -2.35. The topological polar surface area (TPSA) is 111 Å². The molecule has 7 heteroatoms. The maximum atomic E-state index is 11.5. The van der Waals surface area contributed by atoms with Crippen LogP contribution in [0.15, 0.2) is 0 Å². The van der Waals surface area contributed by atoms with Crippen LogP contribution in [0, 0.1) is 11.3 Å². The number of primary amides is 1. The Morgan fingerprint density at radius 2 is 2.38 bits per heavy atom. The van der Waals surface area contributed by atoms with Gasteiger partial charge in [0.2, 0.25) is 5.91 Å². The number of hydrogen-bond acceptors (Lipinski definition) is 5. The Bertz CT molecular complexity index is 324. The highest BCUT2D eigenvalue weighted by molar-refractivity contribution is 5.96. The second-order valence-corrected chi connectivity index (χ2v) is 3.62. The predicted octanol–water partition coefficient (Wildman–Crippen LogP) is -1.63. The van der Waals surface area contributed by atoms with Gasteiger partial charge in [-0.2, -0.15) is 5.26 Å². The van der Waals surface area contributed by atoms with Crippen molar-refractivity contribution in [3.05, 3.63) is 0 Å². The van der Waals surface area contributed by atoms with Crippen LogP contribution in [-0.4, -0.2) is 48.6 Å². The smallest absolute Gasteiger partial charge is 0.318 e. The molecule has 1 fully saturated rings. The minimum Gasteiger partial charge on any atom is -0.351 e. The van der Waals surface area contributed by atoms with Crippen molar-refractivity contribution in [2.24, 2.45) is 5.73 Å². The Balaban J connectivity index is 2.64. The molecule has 0 aliphatic carbocycles. The van der Waals surface area contributed by atoms with E-state index in [0.717, 1.165) is 0 Å². The highest BCUT2D eigenvalue weighted by Crippen LogP contribution is 2.07. The van der Waals surface area contributed by atoms with Gasteiger partial charge in [0.25, 0.3) is 0 Å². The van der Waals surface area contributed by atoms with Crippen LogP contribution in [0.4, 0.5) is 4.79 Å². The second kappa shape index (κ2) is 5.44. The molecule has 0 radical (unpaired) electrons. The van der Waals surface area contributed by atoms with Gasteiger partial charge in [-0.25, -0.2) is 4.79 Å². The fourth-order valence-corrected chi connectivity index (χ4v) is 1.68. The molecule has 2 unspecified atom stereocenters. The molecule has 0 aromatic rings. The number of carbonyl (C=O) groups is 2. The van der Waals surface area contributed by atoms with E-state index in [1.54, 1.807) is 11.8 Å². The third-order valence-electron chi connectivity index (χ3n) is 2.56. The van der Waals surface area contributed by atoms with Crippen LogP contribution in [0.3, 0.4) is 0 Å². The number of nitrogens with zero attached hydrogens (tertiary/aromatic N) is 2. The quantitative estimate of drug-likeness (QED) is 0.522. The molecule has 0 spiro atoms. The van der Waals surface area contributed by atoms with E-state index in [4.69, 9.17) is 11.0 Å². The van der Waals surface area contributed by atoms with Crippen molar-refractivity contribution in [2.75, 3.05) is 19.6 Å². The van der Waals surface area contributed by atoms with E-state index >= 15 is 0 Å². The van der Waals surface area contributed by atoms with Crippen molar-refractivity contribution in [1.29, 1.82) is 5.26 Å². The number of amides is 3. The van der Waals surface area contributed by atoms with Crippen LogP contribution >= 0.6 is 0 Å². The number of rotatable bonds is 2. The summed E-state index contributed by atoms with van der Waals surface area (Å²) >= 11 is 0. The Kier molecular flexibility index (Phi) is 4.22. The van der Waals surface area contributed by atoms with Crippen molar-refractivity contribution < 1.29 is 9.59 Å². The molecule has 1 rings (SSSR count). The first kappa shape index (κ1) is 12.4. The van der Waals surface area contributed by atoms with Gasteiger partial charge < -0.3 is 11.1 Å². The SMILES string of the molecule is CC(C(=O)NC(N)=O)N1CCNCC1C#N. The second-order valence-electron chi connectivity index (χ2n) is 3.62. The summed E-state index contributed by atoms with van der Waals surface area (Å²) in [5.41, 5.74) is 4.86. The number of urea groups is 1. The molecule has 7 nitrogen and oxygen atoms in total. The molecule has 4 N–H and O–H groups in total. The Hall–Kier alpha value is -1.65. The van der Waals surface area contributed by atoms with Gasteiger partial charge in [-0.05, 0) is 6.92 Å². The van der Waals surface area contributed by atoms with Gasteiger partial charge in [-0.1, -0.05) is 0 Å². The molecule has 1 saturated heterocycles. The molecule has 0 aromatic heterocycles. The van der Waals surface area contributed by atoms with Crippen LogP contribution in [0.5, 0.6) is 0 Å². The van der Waals surface area contributed by atoms with Crippen molar-refractivity contribution in [3.8, 4) is 6.07 Å². The number of hydrogen-bond donors (Lipinski definition) is 3. The van der Waals surface area contributed by atoms with Gasteiger partial charge in [0.15, 0.2) is 0 Å². The van der Waals surface area contributed by atoms with E-state index in [2.05, 4.69) is 11.4 Å². The van der Waals surface area contributed by atoms with E-state index in [1.807, 2.05) is 5.32 Å². The lowest BCUT2D eigenvalue weighted by Crippen LogP contribution is -2.58. The van der Waals surface area contributed by atoms with Gasteiger partial charge >= 0.3 is 6.03 Å². The number of carbonyl (C=O) groups excluding carboxylic acids is 2. The number of nitriles is 1. The minimum absolute atomic E-state index is 0.359. The van der Waals surface area contributed by atoms with Crippen LogP contribution in [0.1, 0.15) is 6.92 Å². The normalized spacial score (nSPS) is 23.1. The zero-order valence-electron chi connectivity index (χ0n) is 9.06.